The van der Waals surface area contributed by atoms with E-state index in [2.05, 4.69) is 5.32 Å². The number of hydrogen-bond acceptors (Lipinski definition) is 3. The maximum atomic E-state index is 12.1. The number of amides is 1. The summed E-state index contributed by atoms with van der Waals surface area (Å²) >= 11 is 11.6. The summed E-state index contributed by atoms with van der Waals surface area (Å²) in [4.78, 5) is 22.2. The predicted octanol–water partition coefficient (Wildman–Crippen LogP) is 4.46. The molecule has 0 saturated carbocycles. The van der Waals surface area contributed by atoms with Gasteiger partial charge in [0.2, 0.25) is 0 Å². The summed E-state index contributed by atoms with van der Waals surface area (Å²) < 4.78 is 0. The Morgan fingerprint density at radius 1 is 1.19 bits per heavy atom. The highest BCUT2D eigenvalue weighted by Crippen LogP contribution is 2.26. The van der Waals surface area contributed by atoms with E-state index in [0.717, 1.165) is 5.56 Å². The Kier molecular flexibility index (Phi) is 4.45. The third-order valence-corrected chi connectivity index (χ3v) is 3.38. The van der Waals surface area contributed by atoms with Gasteiger partial charge in [0.15, 0.2) is 0 Å². The molecular weight excluding hydrogens is 315 g/mol. The van der Waals surface area contributed by atoms with Crippen LogP contribution in [0.3, 0.4) is 0 Å². The first-order valence-corrected chi connectivity index (χ1v) is 6.65. The Morgan fingerprint density at radius 3 is 2.48 bits per heavy atom. The van der Waals surface area contributed by atoms with Crippen molar-refractivity contribution >= 4 is 40.5 Å². The molecule has 0 aliphatic heterocycles. The third kappa shape index (κ3) is 3.51. The van der Waals surface area contributed by atoms with Gasteiger partial charge in [-0.25, -0.2) is 0 Å². The van der Waals surface area contributed by atoms with Crippen molar-refractivity contribution in [2.24, 2.45) is 0 Å². The lowest BCUT2D eigenvalue weighted by Crippen LogP contribution is -2.12. The van der Waals surface area contributed by atoms with Crippen LogP contribution in [0.4, 0.5) is 11.4 Å². The monoisotopic (exact) mass is 324 g/mol. The average molecular weight is 325 g/mol. The van der Waals surface area contributed by atoms with Gasteiger partial charge in [-0.1, -0.05) is 23.2 Å². The van der Waals surface area contributed by atoms with Crippen molar-refractivity contribution in [2.75, 3.05) is 5.32 Å². The molecule has 0 fully saturated rings. The van der Waals surface area contributed by atoms with Gasteiger partial charge in [-0.15, -0.1) is 0 Å². The number of benzene rings is 2. The minimum Gasteiger partial charge on any atom is -0.322 e. The molecule has 0 radical (unpaired) electrons. The van der Waals surface area contributed by atoms with Crippen LogP contribution >= 0.6 is 23.2 Å². The Labute approximate surface area is 130 Å². The van der Waals surface area contributed by atoms with Gasteiger partial charge >= 0.3 is 0 Å². The van der Waals surface area contributed by atoms with Gasteiger partial charge in [-0.3, -0.25) is 14.9 Å². The average Bonchev–Trinajstić information content (AvgIpc) is 2.41. The van der Waals surface area contributed by atoms with Crippen molar-refractivity contribution in [3.63, 3.8) is 0 Å². The largest absolute Gasteiger partial charge is 0.322 e. The first-order chi connectivity index (χ1) is 9.88. The normalized spacial score (nSPS) is 10.2. The highest BCUT2D eigenvalue weighted by Gasteiger charge is 2.15. The minimum atomic E-state index is -0.604. The second-order valence-corrected chi connectivity index (χ2v) is 5.18. The van der Waals surface area contributed by atoms with Crippen LogP contribution < -0.4 is 5.32 Å². The van der Waals surface area contributed by atoms with E-state index in [1.54, 1.807) is 18.2 Å². The van der Waals surface area contributed by atoms with Gasteiger partial charge in [-0.05, 0) is 42.8 Å². The van der Waals surface area contributed by atoms with Crippen LogP contribution in [-0.4, -0.2) is 10.8 Å². The zero-order chi connectivity index (χ0) is 15.6. The van der Waals surface area contributed by atoms with Crippen molar-refractivity contribution in [1.29, 1.82) is 0 Å². The van der Waals surface area contributed by atoms with Gasteiger partial charge in [0.25, 0.3) is 11.6 Å². The number of carbonyl (C=O) groups excluding carboxylic acids is 1. The molecule has 0 aromatic heterocycles. The number of nitro benzene ring substituents is 1. The van der Waals surface area contributed by atoms with E-state index in [1.807, 2.05) is 6.92 Å². The molecule has 0 bridgehead atoms. The highest BCUT2D eigenvalue weighted by molar-refractivity contribution is 6.33. The maximum absolute atomic E-state index is 12.1. The summed E-state index contributed by atoms with van der Waals surface area (Å²) in [5.41, 5.74) is 1.42. The lowest BCUT2D eigenvalue weighted by Gasteiger charge is -2.09. The second kappa shape index (κ2) is 6.11. The fourth-order valence-electron chi connectivity index (χ4n) is 1.76. The molecule has 7 heteroatoms. The van der Waals surface area contributed by atoms with E-state index in [1.165, 1.54) is 18.2 Å². The number of halogens is 2. The van der Waals surface area contributed by atoms with Crippen molar-refractivity contribution in [3.8, 4) is 0 Å². The molecule has 0 spiro atoms. The lowest BCUT2D eigenvalue weighted by atomic mass is 10.1. The van der Waals surface area contributed by atoms with Crippen LogP contribution in [0.25, 0.3) is 0 Å². The standard InChI is InChI=1S/C14H10Cl2N2O3/c1-8-6-10(15)3-4-12(8)17-14(19)9-2-5-13(18(20)21)11(16)7-9/h2-7H,1H3,(H,17,19). The Hall–Kier alpha value is -2.11. The zero-order valence-corrected chi connectivity index (χ0v) is 12.4. The summed E-state index contributed by atoms with van der Waals surface area (Å²) in [7, 11) is 0. The molecule has 2 aromatic rings. The molecule has 21 heavy (non-hydrogen) atoms. The topological polar surface area (TPSA) is 72.2 Å². The smallest absolute Gasteiger partial charge is 0.287 e. The van der Waals surface area contributed by atoms with Crippen LogP contribution in [0, 0.1) is 17.0 Å². The third-order valence-electron chi connectivity index (χ3n) is 2.84. The quantitative estimate of drug-likeness (QED) is 0.669. The van der Waals surface area contributed by atoms with E-state index in [4.69, 9.17) is 23.2 Å². The summed E-state index contributed by atoms with van der Waals surface area (Å²) in [5.74, 6) is -0.405. The lowest BCUT2D eigenvalue weighted by molar-refractivity contribution is -0.384. The van der Waals surface area contributed by atoms with Crippen molar-refractivity contribution < 1.29 is 9.72 Å². The molecule has 0 atom stereocenters. The molecule has 2 rings (SSSR count). The number of nitrogens with one attached hydrogen (secondary N) is 1. The van der Waals surface area contributed by atoms with Gasteiger partial charge in [0, 0.05) is 22.3 Å². The second-order valence-electron chi connectivity index (χ2n) is 4.34. The van der Waals surface area contributed by atoms with Crippen molar-refractivity contribution in [1.82, 2.24) is 0 Å². The fourth-order valence-corrected chi connectivity index (χ4v) is 2.23. The first-order valence-electron chi connectivity index (χ1n) is 5.90. The Morgan fingerprint density at radius 2 is 1.90 bits per heavy atom. The Balaban J connectivity index is 2.24. The maximum Gasteiger partial charge on any atom is 0.287 e. The van der Waals surface area contributed by atoms with E-state index in [-0.39, 0.29) is 16.3 Å². The molecule has 0 aliphatic rings. The molecule has 108 valence electrons. The number of anilines is 1. The van der Waals surface area contributed by atoms with Crippen LogP contribution in [0.5, 0.6) is 0 Å². The summed E-state index contributed by atoms with van der Waals surface area (Å²) in [6.07, 6.45) is 0. The number of rotatable bonds is 3. The van der Waals surface area contributed by atoms with E-state index >= 15 is 0 Å². The molecular formula is C14H10Cl2N2O3. The van der Waals surface area contributed by atoms with Crippen molar-refractivity contribution in [2.45, 2.75) is 6.92 Å². The molecule has 1 N–H and O–H groups in total. The summed E-state index contributed by atoms with van der Waals surface area (Å²) in [5, 5.41) is 13.9. The van der Waals surface area contributed by atoms with E-state index in [0.29, 0.717) is 10.7 Å². The number of nitro groups is 1. The molecule has 1 amide bonds. The van der Waals surface area contributed by atoms with E-state index < -0.39 is 10.8 Å². The first kappa shape index (κ1) is 15.3. The molecule has 5 nitrogen and oxygen atoms in total. The highest BCUT2D eigenvalue weighted by atomic mass is 35.5. The molecule has 2 aromatic carbocycles. The van der Waals surface area contributed by atoms with Gasteiger partial charge in [-0.2, -0.15) is 0 Å². The van der Waals surface area contributed by atoms with Gasteiger partial charge in [0.1, 0.15) is 5.02 Å². The molecule has 0 saturated heterocycles. The van der Waals surface area contributed by atoms with Crippen molar-refractivity contribution in [3.05, 3.63) is 67.7 Å². The number of nitrogens with zero attached hydrogens (tertiary/aromatic N) is 1. The SMILES string of the molecule is Cc1cc(Cl)ccc1NC(=O)c1ccc([N+](=O)[O-])c(Cl)c1. The van der Waals surface area contributed by atoms with Gasteiger partial charge < -0.3 is 5.32 Å². The van der Waals surface area contributed by atoms with Gasteiger partial charge in [0.05, 0.1) is 4.92 Å². The molecule has 0 unspecified atom stereocenters. The number of aryl methyl sites for hydroxylation is 1. The van der Waals surface area contributed by atoms with Crippen LogP contribution in [-0.2, 0) is 0 Å². The predicted molar refractivity (Wildman–Crippen MR) is 82.2 cm³/mol. The molecule has 0 heterocycles. The summed E-state index contributed by atoms with van der Waals surface area (Å²) in [6.45, 7) is 1.81. The number of carbonyl (C=O) groups is 1. The molecule has 0 aliphatic carbocycles. The Bertz CT molecular complexity index is 732. The van der Waals surface area contributed by atoms with E-state index in [9.17, 15) is 14.9 Å². The number of hydrogen-bond donors (Lipinski definition) is 1. The fraction of sp³-hybridized carbons (Fsp3) is 0.0714. The minimum absolute atomic E-state index is 0.0829. The van der Waals surface area contributed by atoms with Crippen LogP contribution in [0.2, 0.25) is 10.0 Å². The van der Waals surface area contributed by atoms with Crippen LogP contribution in [0.1, 0.15) is 15.9 Å². The van der Waals surface area contributed by atoms with Crippen LogP contribution in [0.15, 0.2) is 36.4 Å². The summed E-state index contributed by atoms with van der Waals surface area (Å²) in [6, 6.07) is 8.88. The zero-order valence-electron chi connectivity index (χ0n) is 10.9.